The van der Waals surface area contributed by atoms with E-state index in [0.717, 1.165) is 35.7 Å². The average Bonchev–Trinajstić information content (AvgIpc) is 2.61. The van der Waals surface area contributed by atoms with Crippen molar-refractivity contribution in [1.29, 1.82) is 5.26 Å². The van der Waals surface area contributed by atoms with Crippen LogP contribution in [0.4, 0.5) is 0 Å². The third-order valence-electron chi connectivity index (χ3n) is 4.64. The van der Waals surface area contributed by atoms with Gasteiger partial charge in [-0.1, -0.05) is 64.5 Å². The molecular weight excluding hydrogens is 350 g/mol. The summed E-state index contributed by atoms with van der Waals surface area (Å²) >= 11 is 3.61. The first-order valence-corrected chi connectivity index (χ1v) is 8.85. The molecule has 3 rings (SSSR count). The van der Waals surface area contributed by atoms with E-state index in [1.165, 1.54) is 5.56 Å². The van der Waals surface area contributed by atoms with Crippen molar-refractivity contribution in [2.75, 3.05) is 0 Å². The van der Waals surface area contributed by atoms with Gasteiger partial charge >= 0.3 is 0 Å². The molecule has 0 N–H and O–H groups in total. The Kier molecular flexibility index (Phi) is 5.15. The molecule has 1 saturated carbocycles. The summed E-state index contributed by atoms with van der Waals surface area (Å²) in [5.74, 6) is 0. The van der Waals surface area contributed by atoms with Gasteiger partial charge < -0.3 is 4.74 Å². The molecule has 23 heavy (non-hydrogen) atoms. The lowest BCUT2D eigenvalue weighted by atomic mass is 9.69. The van der Waals surface area contributed by atoms with Crippen molar-refractivity contribution >= 4 is 15.9 Å². The maximum absolute atomic E-state index is 9.90. The van der Waals surface area contributed by atoms with Crippen molar-refractivity contribution in [3.63, 3.8) is 0 Å². The molecule has 0 saturated heterocycles. The Morgan fingerprint density at radius 2 is 1.87 bits per heavy atom. The standard InChI is InChI=1S/C20H20BrNO/c21-19-11-5-4-10-18(19)20(15-22)12-6-9-17(13-20)23-14-16-7-2-1-3-8-16/h1-5,7-8,10-11,17H,6,9,12-14H2. The number of halogens is 1. The molecule has 2 atom stereocenters. The van der Waals surface area contributed by atoms with Crippen LogP contribution in [0.3, 0.4) is 0 Å². The lowest BCUT2D eigenvalue weighted by Crippen LogP contribution is -2.35. The summed E-state index contributed by atoms with van der Waals surface area (Å²) in [4.78, 5) is 0. The first kappa shape index (κ1) is 16.2. The molecule has 1 aliphatic rings. The van der Waals surface area contributed by atoms with Crippen LogP contribution in [0.5, 0.6) is 0 Å². The van der Waals surface area contributed by atoms with Gasteiger partial charge in [-0.2, -0.15) is 5.26 Å². The van der Waals surface area contributed by atoms with Crippen LogP contribution in [0, 0.1) is 11.3 Å². The van der Waals surface area contributed by atoms with Crippen molar-refractivity contribution < 1.29 is 4.74 Å². The van der Waals surface area contributed by atoms with E-state index >= 15 is 0 Å². The van der Waals surface area contributed by atoms with Gasteiger partial charge in [0.05, 0.1) is 24.2 Å². The Hall–Kier alpha value is -1.63. The quantitative estimate of drug-likeness (QED) is 0.725. The predicted molar refractivity (Wildman–Crippen MR) is 94.9 cm³/mol. The zero-order valence-electron chi connectivity index (χ0n) is 13.0. The van der Waals surface area contributed by atoms with Gasteiger partial charge in [-0.05, 0) is 42.9 Å². The summed E-state index contributed by atoms with van der Waals surface area (Å²) < 4.78 is 7.14. The number of ether oxygens (including phenoxy) is 1. The fourth-order valence-electron chi connectivity index (χ4n) is 3.41. The van der Waals surface area contributed by atoms with Crippen LogP contribution in [0.2, 0.25) is 0 Å². The first-order chi connectivity index (χ1) is 11.2. The Morgan fingerprint density at radius 3 is 2.61 bits per heavy atom. The van der Waals surface area contributed by atoms with Crippen molar-refractivity contribution in [2.24, 2.45) is 0 Å². The third-order valence-corrected chi connectivity index (χ3v) is 5.33. The molecule has 0 bridgehead atoms. The molecule has 0 aliphatic heterocycles. The second-order valence-corrected chi connectivity index (χ2v) is 7.04. The van der Waals surface area contributed by atoms with Crippen LogP contribution in [0.15, 0.2) is 59.1 Å². The predicted octanol–water partition coefficient (Wildman–Crippen LogP) is 5.37. The van der Waals surface area contributed by atoms with Crippen molar-refractivity contribution in [1.82, 2.24) is 0 Å². The highest BCUT2D eigenvalue weighted by molar-refractivity contribution is 9.10. The van der Waals surface area contributed by atoms with Gasteiger partial charge in [0.1, 0.15) is 0 Å². The number of nitrogens with zero attached hydrogens (tertiary/aromatic N) is 1. The molecular formula is C20H20BrNO. The van der Waals surface area contributed by atoms with Crippen LogP contribution in [0.25, 0.3) is 0 Å². The Labute approximate surface area is 146 Å². The minimum atomic E-state index is -0.445. The van der Waals surface area contributed by atoms with Gasteiger partial charge in [0.2, 0.25) is 0 Å². The lowest BCUT2D eigenvalue weighted by molar-refractivity contribution is 0.00263. The van der Waals surface area contributed by atoms with Gasteiger partial charge in [0.25, 0.3) is 0 Å². The Morgan fingerprint density at radius 1 is 1.13 bits per heavy atom. The fourth-order valence-corrected chi connectivity index (χ4v) is 4.07. The highest BCUT2D eigenvalue weighted by Gasteiger charge is 2.39. The van der Waals surface area contributed by atoms with Crippen LogP contribution in [-0.2, 0) is 16.8 Å². The molecule has 2 aromatic carbocycles. The van der Waals surface area contributed by atoms with E-state index in [0.29, 0.717) is 6.61 Å². The molecule has 118 valence electrons. The van der Waals surface area contributed by atoms with E-state index in [4.69, 9.17) is 4.74 Å². The largest absolute Gasteiger partial charge is 0.373 e. The van der Waals surface area contributed by atoms with Gasteiger partial charge in [-0.3, -0.25) is 0 Å². The summed E-state index contributed by atoms with van der Waals surface area (Å²) in [6.45, 7) is 0.614. The SMILES string of the molecule is N#CC1(c2ccccc2Br)CCCC(OCc2ccccc2)C1. The van der Waals surface area contributed by atoms with E-state index in [1.807, 2.05) is 36.4 Å². The van der Waals surface area contributed by atoms with Gasteiger partial charge in [-0.15, -0.1) is 0 Å². The Bertz CT molecular complexity index is 694. The van der Waals surface area contributed by atoms with Crippen LogP contribution in [-0.4, -0.2) is 6.10 Å². The van der Waals surface area contributed by atoms with E-state index in [9.17, 15) is 5.26 Å². The molecule has 0 heterocycles. The minimum Gasteiger partial charge on any atom is -0.373 e. The van der Waals surface area contributed by atoms with E-state index < -0.39 is 5.41 Å². The molecule has 0 aromatic heterocycles. The smallest absolute Gasteiger partial charge is 0.0857 e. The van der Waals surface area contributed by atoms with E-state index in [-0.39, 0.29) is 6.10 Å². The summed E-state index contributed by atoms with van der Waals surface area (Å²) in [6.07, 6.45) is 3.85. The van der Waals surface area contributed by atoms with Gasteiger partial charge in [0, 0.05) is 4.47 Å². The maximum atomic E-state index is 9.90. The van der Waals surface area contributed by atoms with Gasteiger partial charge in [0.15, 0.2) is 0 Å². The second-order valence-electron chi connectivity index (χ2n) is 6.19. The maximum Gasteiger partial charge on any atom is 0.0857 e. The number of hydrogen-bond donors (Lipinski definition) is 0. The van der Waals surface area contributed by atoms with Crippen LogP contribution >= 0.6 is 15.9 Å². The van der Waals surface area contributed by atoms with Crippen molar-refractivity contribution in [3.05, 3.63) is 70.2 Å². The molecule has 2 unspecified atom stereocenters. The molecule has 3 heteroatoms. The normalized spacial score (nSPS) is 24.1. The highest BCUT2D eigenvalue weighted by Crippen LogP contribution is 2.42. The van der Waals surface area contributed by atoms with E-state index in [1.54, 1.807) is 0 Å². The average molecular weight is 370 g/mol. The zero-order chi connectivity index (χ0) is 16.1. The topological polar surface area (TPSA) is 33.0 Å². The first-order valence-electron chi connectivity index (χ1n) is 8.05. The number of benzene rings is 2. The van der Waals surface area contributed by atoms with Crippen molar-refractivity contribution in [2.45, 2.75) is 43.8 Å². The van der Waals surface area contributed by atoms with Crippen molar-refractivity contribution in [3.8, 4) is 6.07 Å². The highest BCUT2D eigenvalue weighted by atomic mass is 79.9. The Balaban J connectivity index is 1.74. The summed E-state index contributed by atoms with van der Waals surface area (Å²) in [5, 5.41) is 9.90. The lowest BCUT2D eigenvalue weighted by Gasteiger charge is -2.36. The molecule has 2 aromatic rings. The summed E-state index contributed by atoms with van der Waals surface area (Å²) in [7, 11) is 0. The molecule has 1 fully saturated rings. The third kappa shape index (κ3) is 3.65. The number of nitriles is 1. The summed E-state index contributed by atoms with van der Waals surface area (Å²) in [5.41, 5.74) is 1.83. The molecule has 0 radical (unpaired) electrons. The molecule has 0 amide bonds. The van der Waals surface area contributed by atoms with Gasteiger partial charge in [-0.25, -0.2) is 0 Å². The van der Waals surface area contributed by atoms with E-state index in [2.05, 4.69) is 40.2 Å². The number of hydrogen-bond acceptors (Lipinski definition) is 2. The zero-order valence-corrected chi connectivity index (χ0v) is 14.6. The molecule has 2 nitrogen and oxygen atoms in total. The summed E-state index contributed by atoms with van der Waals surface area (Å²) in [6, 6.07) is 20.9. The monoisotopic (exact) mass is 369 g/mol. The molecule has 1 aliphatic carbocycles. The molecule has 0 spiro atoms. The second kappa shape index (κ2) is 7.29. The number of rotatable bonds is 4. The minimum absolute atomic E-state index is 0.135. The fraction of sp³-hybridized carbons (Fsp3) is 0.350. The van der Waals surface area contributed by atoms with Crippen LogP contribution < -0.4 is 0 Å². The van der Waals surface area contributed by atoms with Crippen LogP contribution in [0.1, 0.15) is 36.8 Å².